The number of non-ortho nitro benzene ring substituents is 1. The van der Waals surface area contributed by atoms with Crippen LogP contribution in [0.5, 0.6) is 0 Å². The van der Waals surface area contributed by atoms with Crippen LogP contribution in [0.15, 0.2) is 22.6 Å². The first-order valence-corrected chi connectivity index (χ1v) is 6.08. The van der Waals surface area contributed by atoms with E-state index in [1.165, 1.54) is 12.1 Å². The standard InChI is InChI=1S/C12H16N4O3/c1-8(2)13-5-6-14-12-15-10-4-3-9(16(17)18)7-11(10)19-12/h3-4,7-8,13H,5-6H2,1-2H3,(H,14,15). The van der Waals surface area contributed by atoms with Gasteiger partial charge in [0.25, 0.3) is 11.7 Å². The number of nitro benzene ring substituents is 1. The number of anilines is 1. The van der Waals surface area contributed by atoms with E-state index in [0.29, 0.717) is 29.7 Å². The van der Waals surface area contributed by atoms with E-state index < -0.39 is 4.92 Å². The van der Waals surface area contributed by atoms with E-state index in [4.69, 9.17) is 4.42 Å². The Morgan fingerprint density at radius 2 is 2.21 bits per heavy atom. The van der Waals surface area contributed by atoms with Crippen LogP contribution in [-0.2, 0) is 0 Å². The predicted molar refractivity (Wildman–Crippen MR) is 72.3 cm³/mol. The van der Waals surface area contributed by atoms with Crippen molar-refractivity contribution in [3.05, 3.63) is 28.3 Å². The van der Waals surface area contributed by atoms with Gasteiger partial charge in [-0.25, -0.2) is 0 Å². The van der Waals surface area contributed by atoms with Crippen LogP contribution in [0.4, 0.5) is 11.7 Å². The summed E-state index contributed by atoms with van der Waals surface area (Å²) >= 11 is 0. The van der Waals surface area contributed by atoms with Crippen LogP contribution in [-0.4, -0.2) is 29.0 Å². The molecule has 0 aliphatic rings. The van der Waals surface area contributed by atoms with Gasteiger partial charge in [-0.1, -0.05) is 13.8 Å². The van der Waals surface area contributed by atoms with E-state index in [1.54, 1.807) is 6.07 Å². The average molecular weight is 264 g/mol. The van der Waals surface area contributed by atoms with Crippen molar-refractivity contribution >= 4 is 22.8 Å². The van der Waals surface area contributed by atoms with Gasteiger partial charge in [0.05, 0.1) is 11.0 Å². The van der Waals surface area contributed by atoms with Gasteiger partial charge in [-0.05, 0) is 6.07 Å². The molecular weight excluding hydrogens is 248 g/mol. The summed E-state index contributed by atoms with van der Waals surface area (Å²) < 4.78 is 5.41. The zero-order valence-corrected chi connectivity index (χ0v) is 10.8. The van der Waals surface area contributed by atoms with Gasteiger partial charge in [0.15, 0.2) is 5.58 Å². The monoisotopic (exact) mass is 264 g/mol. The Bertz CT molecular complexity index is 579. The first-order valence-electron chi connectivity index (χ1n) is 6.08. The maximum atomic E-state index is 10.6. The molecule has 7 heteroatoms. The highest BCUT2D eigenvalue weighted by atomic mass is 16.6. The molecule has 0 amide bonds. The molecule has 2 aromatic rings. The Hall–Kier alpha value is -2.15. The van der Waals surface area contributed by atoms with Gasteiger partial charge in [-0.2, -0.15) is 4.98 Å². The zero-order chi connectivity index (χ0) is 13.8. The topological polar surface area (TPSA) is 93.2 Å². The van der Waals surface area contributed by atoms with Crippen molar-refractivity contribution in [2.75, 3.05) is 18.4 Å². The fourth-order valence-electron chi connectivity index (χ4n) is 1.63. The number of hydrogen-bond acceptors (Lipinski definition) is 6. The molecule has 0 radical (unpaired) electrons. The van der Waals surface area contributed by atoms with Gasteiger partial charge in [0.1, 0.15) is 5.52 Å². The smallest absolute Gasteiger partial charge is 0.295 e. The van der Waals surface area contributed by atoms with E-state index in [9.17, 15) is 10.1 Å². The molecule has 1 heterocycles. The molecule has 19 heavy (non-hydrogen) atoms. The minimum absolute atomic E-state index is 0.00308. The molecule has 0 aliphatic carbocycles. The Kier molecular flexibility index (Phi) is 3.96. The van der Waals surface area contributed by atoms with E-state index in [0.717, 1.165) is 6.54 Å². The third kappa shape index (κ3) is 3.41. The van der Waals surface area contributed by atoms with Crippen LogP contribution in [0, 0.1) is 10.1 Å². The number of oxazole rings is 1. The summed E-state index contributed by atoms with van der Waals surface area (Å²) in [6.45, 7) is 5.60. The minimum atomic E-state index is -0.457. The number of fused-ring (bicyclic) bond motifs is 1. The molecule has 0 atom stereocenters. The lowest BCUT2D eigenvalue weighted by molar-refractivity contribution is -0.384. The lowest BCUT2D eigenvalue weighted by Gasteiger charge is -2.07. The fraction of sp³-hybridized carbons (Fsp3) is 0.417. The van der Waals surface area contributed by atoms with E-state index in [-0.39, 0.29) is 5.69 Å². The molecule has 0 spiro atoms. The lowest BCUT2D eigenvalue weighted by Crippen LogP contribution is -2.28. The Morgan fingerprint density at radius 1 is 1.42 bits per heavy atom. The van der Waals surface area contributed by atoms with E-state index >= 15 is 0 Å². The minimum Gasteiger partial charge on any atom is -0.423 e. The molecule has 0 saturated heterocycles. The molecule has 0 unspecified atom stereocenters. The number of aromatic nitrogens is 1. The number of nitro groups is 1. The van der Waals surface area contributed by atoms with Crippen molar-refractivity contribution < 1.29 is 9.34 Å². The van der Waals surface area contributed by atoms with Crippen molar-refractivity contribution in [1.82, 2.24) is 10.3 Å². The van der Waals surface area contributed by atoms with E-state index in [1.807, 2.05) is 0 Å². The lowest BCUT2D eigenvalue weighted by atomic mass is 10.3. The number of hydrogen-bond donors (Lipinski definition) is 2. The van der Waals surface area contributed by atoms with Crippen LogP contribution in [0.3, 0.4) is 0 Å². The second-order valence-corrected chi connectivity index (χ2v) is 4.46. The number of benzene rings is 1. The molecular formula is C12H16N4O3. The summed E-state index contributed by atoms with van der Waals surface area (Å²) in [7, 11) is 0. The second-order valence-electron chi connectivity index (χ2n) is 4.46. The van der Waals surface area contributed by atoms with Gasteiger partial charge in [0, 0.05) is 25.2 Å². The quantitative estimate of drug-likeness (QED) is 0.471. The van der Waals surface area contributed by atoms with Crippen molar-refractivity contribution in [2.24, 2.45) is 0 Å². The molecule has 0 saturated carbocycles. The highest BCUT2D eigenvalue weighted by Gasteiger charge is 2.11. The van der Waals surface area contributed by atoms with Gasteiger partial charge in [0.2, 0.25) is 0 Å². The number of rotatable bonds is 6. The molecule has 102 valence electrons. The largest absolute Gasteiger partial charge is 0.423 e. The molecule has 2 rings (SSSR count). The summed E-state index contributed by atoms with van der Waals surface area (Å²) in [5.74, 6) is 0. The van der Waals surface area contributed by atoms with Crippen LogP contribution in [0.1, 0.15) is 13.8 Å². The Morgan fingerprint density at radius 3 is 2.89 bits per heavy atom. The van der Waals surface area contributed by atoms with Crippen molar-refractivity contribution in [2.45, 2.75) is 19.9 Å². The first-order chi connectivity index (χ1) is 9.06. The van der Waals surface area contributed by atoms with Gasteiger partial charge in [-0.15, -0.1) is 0 Å². The first kappa shape index (κ1) is 13.3. The highest BCUT2D eigenvalue weighted by Crippen LogP contribution is 2.23. The fourth-order valence-corrected chi connectivity index (χ4v) is 1.63. The SMILES string of the molecule is CC(C)NCCNc1nc2ccc([N+](=O)[O-])cc2o1. The Labute approximate surface area is 110 Å². The van der Waals surface area contributed by atoms with Crippen LogP contribution < -0.4 is 10.6 Å². The van der Waals surface area contributed by atoms with Crippen molar-refractivity contribution in [1.29, 1.82) is 0 Å². The highest BCUT2D eigenvalue weighted by molar-refractivity contribution is 5.77. The molecule has 0 aliphatic heterocycles. The van der Waals surface area contributed by atoms with Gasteiger partial charge in [-0.3, -0.25) is 10.1 Å². The molecule has 0 bridgehead atoms. The number of nitrogens with zero attached hydrogens (tertiary/aromatic N) is 2. The van der Waals surface area contributed by atoms with Crippen LogP contribution in [0.25, 0.3) is 11.1 Å². The van der Waals surface area contributed by atoms with Crippen molar-refractivity contribution in [3.63, 3.8) is 0 Å². The Balaban J connectivity index is 2.03. The third-order valence-corrected chi connectivity index (χ3v) is 2.54. The summed E-state index contributed by atoms with van der Waals surface area (Å²) in [5, 5.41) is 16.9. The van der Waals surface area contributed by atoms with Crippen molar-refractivity contribution in [3.8, 4) is 0 Å². The van der Waals surface area contributed by atoms with Crippen LogP contribution >= 0.6 is 0 Å². The summed E-state index contributed by atoms with van der Waals surface area (Å²) in [6.07, 6.45) is 0. The normalized spacial score (nSPS) is 11.1. The second kappa shape index (κ2) is 5.66. The van der Waals surface area contributed by atoms with Gasteiger partial charge < -0.3 is 15.1 Å². The summed E-state index contributed by atoms with van der Waals surface area (Å²) in [5.41, 5.74) is 1.01. The molecule has 1 aromatic carbocycles. The van der Waals surface area contributed by atoms with E-state index in [2.05, 4.69) is 29.5 Å². The third-order valence-electron chi connectivity index (χ3n) is 2.54. The zero-order valence-electron chi connectivity index (χ0n) is 10.8. The number of nitrogens with one attached hydrogen (secondary N) is 2. The maximum absolute atomic E-state index is 10.6. The predicted octanol–water partition coefficient (Wildman–Crippen LogP) is 2.15. The molecule has 7 nitrogen and oxygen atoms in total. The summed E-state index contributed by atoms with van der Waals surface area (Å²) in [4.78, 5) is 14.4. The average Bonchev–Trinajstić information content (AvgIpc) is 2.75. The van der Waals surface area contributed by atoms with Crippen LogP contribution in [0.2, 0.25) is 0 Å². The molecule has 1 aromatic heterocycles. The molecule has 0 fully saturated rings. The molecule has 2 N–H and O–H groups in total. The summed E-state index contributed by atoms with van der Waals surface area (Å²) in [6, 6.07) is 5.16. The maximum Gasteiger partial charge on any atom is 0.295 e. The van der Waals surface area contributed by atoms with Gasteiger partial charge >= 0.3 is 0 Å².